The van der Waals surface area contributed by atoms with Crippen molar-refractivity contribution in [2.24, 2.45) is 0 Å². The van der Waals surface area contributed by atoms with Crippen LogP contribution in [-0.4, -0.2) is 15.3 Å². The minimum absolute atomic E-state index is 0.198. The van der Waals surface area contributed by atoms with Gasteiger partial charge in [-0.25, -0.2) is 0 Å². The summed E-state index contributed by atoms with van der Waals surface area (Å²) < 4.78 is 19.2. The summed E-state index contributed by atoms with van der Waals surface area (Å²) in [5.41, 5.74) is 26.5. The standard InChI is InChI=1S/C45H39N3O6/c46-43-16-13-37(22-31(43)19-28-1-7-34(49)8-2-28)52-40-25-41(53-38-14-17-44(47)32(23-38)20-29-3-9-35(50)10-4-29)27-42(26-40)54-39-15-18-45(48)33(24-39)21-30-5-11-36(51)12-6-30/h1-18,22-27,49-51H,19-21,46-48H2. The van der Waals surface area contributed by atoms with Crippen LogP contribution in [0, 0.1) is 0 Å². The molecule has 0 amide bonds. The van der Waals surface area contributed by atoms with E-state index in [-0.39, 0.29) is 17.2 Å². The third-order valence-corrected chi connectivity index (χ3v) is 8.90. The van der Waals surface area contributed by atoms with Gasteiger partial charge in [0.2, 0.25) is 0 Å². The number of aromatic hydroxyl groups is 3. The zero-order valence-corrected chi connectivity index (χ0v) is 29.3. The maximum absolute atomic E-state index is 9.71. The number of rotatable bonds is 12. The fourth-order valence-electron chi connectivity index (χ4n) is 6.03. The Labute approximate surface area is 313 Å². The summed E-state index contributed by atoms with van der Waals surface area (Å²) in [5.74, 6) is 3.67. The second kappa shape index (κ2) is 15.5. The molecule has 0 heterocycles. The lowest BCUT2D eigenvalue weighted by Crippen LogP contribution is -1.98. The normalized spacial score (nSPS) is 10.9. The van der Waals surface area contributed by atoms with E-state index < -0.39 is 0 Å². The number of hydrogen-bond acceptors (Lipinski definition) is 9. The van der Waals surface area contributed by atoms with E-state index in [9.17, 15) is 15.3 Å². The molecule has 7 aromatic carbocycles. The van der Waals surface area contributed by atoms with Crippen molar-refractivity contribution >= 4 is 17.1 Å². The molecule has 270 valence electrons. The third kappa shape index (κ3) is 8.96. The minimum atomic E-state index is 0.198. The number of nitrogen functional groups attached to an aromatic ring is 3. The van der Waals surface area contributed by atoms with Crippen LogP contribution in [0.5, 0.6) is 51.7 Å². The highest BCUT2D eigenvalue weighted by Gasteiger charge is 2.13. The summed E-state index contributed by atoms with van der Waals surface area (Å²) in [7, 11) is 0. The van der Waals surface area contributed by atoms with E-state index >= 15 is 0 Å². The third-order valence-electron chi connectivity index (χ3n) is 8.90. The highest BCUT2D eigenvalue weighted by atomic mass is 16.5. The number of anilines is 3. The van der Waals surface area contributed by atoms with Gasteiger partial charge in [0.05, 0.1) is 0 Å². The first-order valence-corrected chi connectivity index (χ1v) is 17.3. The topological polar surface area (TPSA) is 166 Å². The van der Waals surface area contributed by atoms with Crippen molar-refractivity contribution in [3.05, 3.63) is 179 Å². The molecule has 0 unspecified atom stereocenters. The summed E-state index contributed by atoms with van der Waals surface area (Å²) in [6, 6.07) is 42.8. The molecule has 0 saturated carbocycles. The van der Waals surface area contributed by atoms with Gasteiger partial charge in [-0.2, -0.15) is 0 Å². The predicted molar refractivity (Wildman–Crippen MR) is 212 cm³/mol. The quantitative estimate of drug-likeness (QED) is 0.0675. The van der Waals surface area contributed by atoms with E-state index in [1.165, 1.54) is 0 Å². The highest BCUT2D eigenvalue weighted by Crippen LogP contribution is 2.38. The molecule has 7 rings (SSSR count). The Kier molecular flexibility index (Phi) is 10.1. The predicted octanol–water partition coefficient (Wildman–Crippen LogP) is 9.70. The van der Waals surface area contributed by atoms with Crippen molar-refractivity contribution < 1.29 is 29.5 Å². The van der Waals surface area contributed by atoms with E-state index in [4.69, 9.17) is 31.4 Å². The second-order valence-corrected chi connectivity index (χ2v) is 13.1. The first-order chi connectivity index (χ1) is 26.1. The molecule has 7 aromatic rings. The van der Waals surface area contributed by atoms with Crippen LogP contribution in [0.25, 0.3) is 0 Å². The van der Waals surface area contributed by atoms with Crippen LogP contribution in [0.3, 0.4) is 0 Å². The Morgan fingerprint density at radius 1 is 0.315 bits per heavy atom. The van der Waals surface area contributed by atoms with Gasteiger partial charge in [-0.05, 0) is 144 Å². The van der Waals surface area contributed by atoms with Gasteiger partial charge in [0, 0.05) is 35.3 Å². The highest BCUT2D eigenvalue weighted by molar-refractivity contribution is 5.57. The number of benzene rings is 7. The van der Waals surface area contributed by atoms with Crippen molar-refractivity contribution in [3.8, 4) is 51.7 Å². The van der Waals surface area contributed by atoms with Gasteiger partial charge in [-0.1, -0.05) is 36.4 Å². The molecule has 9 heteroatoms. The molecule has 0 atom stereocenters. The van der Waals surface area contributed by atoms with E-state index in [2.05, 4.69) is 0 Å². The molecule has 0 spiro atoms. The van der Waals surface area contributed by atoms with E-state index in [0.29, 0.717) is 70.8 Å². The maximum atomic E-state index is 9.71. The summed E-state index contributed by atoms with van der Waals surface area (Å²) in [4.78, 5) is 0. The van der Waals surface area contributed by atoms with E-state index in [1.54, 1.807) is 91.0 Å². The summed E-state index contributed by atoms with van der Waals surface area (Å²) in [6.45, 7) is 0. The summed E-state index contributed by atoms with van der Waals surface area (Å²) in [6.07, 6.45) is 1.65. The number of nitrogens with two attached hydrogens (primary N) is 3. The van der Waals surface area contributed by atoms with Crippen LogP contribution in [0.2, 0.25) is 0 Å². The van der Waals surface area contributed by atoms with Crippen LogP contribution in [-0.2, 0) is 19.3 Å². The second-order valence-electron chi connectivity index (χ2n) is 13.1. The van der Waals surface area contributed by atoms with Crippen LogP contribution < -0.4 is 31.4 Å². The van der Waals surface area contributed by atoms with Gasteiger partial charge in [-0.15, -0.1) is 0 Å². The number of phenolic OH excluding ortho intramolecular Hbond substituents is 3. The van der Waals surface area contributed by atoms with Crippen LogP contribution >= 0.6 is 0 Å². The molecule has 0 aliphatic rings. The van der Waals surface area contributed by atoms with Gasteiger partial charge in [0.15, 0.2) is 0 Å². The largest absolute Gasteiger partial charge is 0.508 e. The van der Waals surface area contributed by atoms with Gasteiger partial charge in [-0.3, -0.25) is 0 Å². The molecule has 0 aromatic heterocycles. The molecule has 0 radical (unpaired) electrons. The van der Waals surface area contributed by atoms with Crippen LogP contribution in [0.4, 0.5) is 17.1 Å². The van der Waals surface area contributed by atoms with Crippen molar-refractivity contribution in [2.45, 2.75) is 19.3 Å². The zero-order valence-electron chi connectivity index (χ0n) is 29.3. The van der Waals surface area contributed by atoms with Gasteiger partial charge in [0.1, 0.15) is 51.7 Å². The molecular weight excluding hydrogens is 679 g/mol. The SMILES string of the molecule is Nc1ccc(Oc2cc(Oc3ccc(N)c(Cc4ccc(O)cc4)c3)cc(Oc3ccc(N)c(Cc4ccc(O)cc4)c3)c2)cc1Cc1ccc(O)cc1. The zero-order chi connectivity index (χ0) is 37.6. The number of hydrogen-bond donors (Lipinski definition) is 6. The molecule has 54 heavy (non-hydrogen) atoms. The monoisotopic (exact) mass is 717 g/mol. The lowest BCUT2D eigenvalue weighted by molar-refractivity contribution is 0.439. The molecule has 0 saturated heterocycles. The fraction of sp³-hybridized carbons (Fsp3) is 0.0667. The van der Waals surface area contributed by atoms with Gasteiger partial charge in [0.25, 0.3) is 0 Å². The molecule has 9 N–H and O–H groups in total. The molecule has 0 fully saturated rings. The van der Waals surface area contributed by atoms with E-state index in [0.717, 1.165) is 33.4 Å². The van der Waals surface area contributed by atoms with Gasteiger partial charge < -0.3 is 46.7 Å². The Bertz CT molecular complexity index is 2110. The number of phenols is 3. The average molecular weight is 718 g/mol. The van der Waals surface area contributed by atoms with Crippen molar-refractivity contribution in [3.63, 3.8) is 0 Å². The first kappa shape index (κ1) is 35.2. The Hall–Kier alpha value is -7.26. The van der Waals surface area contributed by atoms with Crippen LogP contribution in [0.15, 0.2) is 146 Å². The molecular formula is C45H39N3O6. The first-order valence-electron chi connectivity index (χ1n) is 17.3. The maximum Gasteiger partial charge on any atom is 0.134 e. The Morgan fingerprint density at radius 2 is 0.574 bits per heavy atom. The van der Waals surface area contributed by atoms with Crippen LogP contribution in [0.1, 0.15) is 33.4 Å². The summed E-state index contributed by atoms with van der Waals surface area (Å²) >= 11 is 0. The van der Waals surface area contributed by atoms with Gasteiger partial charge >= 0.3 is 0 Å². The lowest BCUT2D eigenvalue weighted by Gasteiger charge is -2.16. The molecule has 9 nitrogen and oxygen atoms in total. The van der Waals surface area contributed by atoms with Crippen molar-refractivity contribution in [2.75, 3.05) is 17.2 Å². The average Bonchev–Trinajstić information content (AvgIpc) is 3.15. The minimum Gasteiger partial charge on any atom is -0.508 e. The number of ether oxygens (including phenoxy) is 3. The Morgan fingerprint density at radius 3 is 0.833 bits per heavy atom. The Balaban J connectivity index is 1.19. The van der Waals surface area contributed by atoms with Crippen molar-refractivity contribution in [1.29, 1.82) is 0 Å². The molecule has 0 bridgehead atoms. The molecule has 0 aliphatic carbocycles. The molecule has 0 aliphatic heterocycles. The fourth-order valence-corrected chi connectivity index (χ4v) is 6.03. The smallest absolute Gasteiger partial charge is 0.134 e. The summed E-state index contributed by atoms with van der Waals surface area (Å²) in [5, 5.41) is 29.1. The van der Waals surface area contributed by atoms with E-state index in [1.807, 2.05) is 54.6 Å². The lowest BCUT2D eigenvalue weighted by atomic mass is 10.0. The van der Waals surface area contributed by atoms with Crippen molar-refractivity contribution in [1.82, 2.24) is 0 Å².